The normalized spacial score (nSPS) is 16.6. The van der Waals surface area contributed by atoms with E-state index in [1.807, 2.05) is 6.07 Å². The molecule has 0 saturated carbocycles. The number of anilines is 2. The molecule has 0 spiro atoms. The van der Waals surface area contributed by atoms with E-state index in [0.29, 0.717) is 16.4 Å². The number of fused-ring (bicyclic) bond motifs is 1. The van der Waals surface area contributed by atoms with Crippen molar-refractivity contribution in [1.29, 1.82) is 0 Å². The Morgan fingerprint density at radius 3 is 2.74 bits per heavy atom. The van der Waals surface area contributed by atoms with Crippen LogP contribution >= 0.6 is 11.6 Å². The Morgan fingerprint density at radius 2 is 2.09 bits per heavy atom. The predicted octanol–water partition coefficient (Wildman–Crippen LogP) is 2.06. The van der Waals surface area contributed by atoms with Crippen molar-refractivity contribution in [3.05, 3.63) is 22.8 Å². The van der Waals surface area contributed by atoms with Crippen molar-refractivity contribution >= 4 is 40.4 Å². The highest BCUT2D eigenvalue weighted by Gasteiger charge is 2.21. The maximum Gasteiger partial charge on any atom is 0.162 e. The number of hydrogen-bond acceptors (Lipinski definition) is 6. The van der Waals surface area contributed by atoms with Gasteiger partial charge >= 0.3 is 0 Å². The molecule has 1 aliphatic heterocycles. The van der Waals surface area contributed by atoms with E-state index in [1.54, 1.807) is 19.5 Å². The fourth-order valence-electron chi connectivity index (χ4n) is 2.93. The largest absolute Gasteiger partial charge is 0.395 e. The Labute approximate surface area is 141 Å². The van der Waals surface area contributed by atoms with Gasteiger partial charge in [0.25, 0.3) is 0 Å². The van der Waals surface area contributed by atoms with Gasteiger partial charge in [-0.2, -0.15) is 0 Å². The van der Waals surface area contributed by atoms with E-state index in [4.69, 9.17) is 17.3 Å². The Kier molecular flexibility index (Phi) is 4.63. The van der Waals surface area contributed by atoms with Gasteiger partial charge in [0.05, 0.1) is 10.7 Å². The number of nitrogens with zero attached hydrogens (tertiary/aromatic N) is 5. The number of pyridine rings is 2. The van der Waals surface area contributed by atoms with Crippen LogP contribution < -0.4 is 10.6 Å². The fraction of sp³-hybridized carbons (Fsp3) is 0.438. The Hall–Kier alpha value is -1.92. The molecule has 23 heavy (non-hydrogen) atoms. The van der Waals surface area contributed by atoms with E-state index in [1.165, 1.54) is 0 Å². The quantitative estimate of drug-likeness (QED) is 0.871. The summed E-state index contributed by atoms with van der Waals surface area (Å²) in [6.07, 6.45) is 3.36. The molecular formula is C16H21ClN6. The van der Waals surface area contributed by atoms with E-state index in [2.05, 4.69) is 31.7 Å². The predicted molar refractivity (Wildman–Crippen MR) is 96.8 cm³/mol. The van der Waals surface area contributed by atoms with Gasteiger partial charge in [-0.1, -0.05) is 18.5 Å². The van der Waals surface area contributed by atoms with E-state index in [-0.39, 0.29) is 0 Å². The first kappa shape index (κ1) is 16.0. The van der Waals surface area contributed by atoms with Crippen LogP contribution in [0.15, 0.2) is 17.3 Å². The van der Waals surface area contributed by atoms with Crippen molar-refractivity contribution in [2.75, 3.05) is 50.4 Å². The smallest absolute Gasteiger partial charge is 0.162 e. The topological polar surface area (TPSA) is 70.6 Å². The van der Waals surface area contributed by atoms with Crippen LogP contribution in [0.3, 0.4) is 0 Å². The van der Waals surface area contributed by atoms with Gasteiger partial charge in [-0.3, -0.25) is 4.99 Å². The van der Waals surface area contributed by atoms with Gasteiger partial charge in [0.15, 0.2) is 11.5 Å². The second kappa shape index (κ2) is 6.68. The first-order chi connectivity index (χ1) is 11.1. The summed E-state index contributed by atoms with van der Waals surface area (Å²) in [6, 6.07) is 1.84. The lowest BCUT2D eigenvalue weighted by molar-refractivity contribution is 0.270. The second-order valence-electron chi connectivity index (χ2n) is 5.60. The number of aliphatic imine (C=N–C) groups is 1. The van der Waals surface area contributed by atoms with Crippen molar-refractivity contribution in [1.82, 2.24) is 14.9 Å². The average molecular weight is 333 g/mol. The summed E-state index contributed by atoms with van der Waals surface area (Å²) in [5.41, 5.74) is 8.52. The molecule has 0 aliphatic carbocycles. The third kappa shape index (κ3) is 3.09. The van der Waals surface area contributed by atoms with Gasteiger partial charge in [-0.15, -0.1) is 0 Å². The summed E-state index contributed by atoms with van der Waals surface area (Å²) >= 11 is 6.07. The van der Waals surface area contributed by atoms with Crippen LogP contribution in [0, 0.1) is 0 Å². The van der Waals surface area contributed by atoms with Crippen LogP contribution in [0.2, 0.25) is 5.02 Å². The second-order valence-corrected chi connectivity index (χ2v) is 6.03. The minimum Gasteiger partial charge on any atom is -0.395 e. The zero-order valence-electron chi connectivity index (χ0n) is 13.5. The molecule has 122 valence electrons. The minimum atomic E-state index is 0.564. The molecule has 0 radical (unpaired) electrons. The lowest BCUT2D eigenvalue weighted by Gasteiger charge is -2.35. The van der Waals surface area contributed by atoms with Crippen LogP contribution in [0.4, 0.5) is 11.5 Å². The molecule has 0 atom stereocenters. The fourth-order valence-corrected chi connectivity index (χ4v) is 3.09. The SMILES string of the molecule is CCN1CCN(c2nc3ncc(Cl)cc3c(C=NC)c2N)CC1. The van der Waals surface area contributed by atoms with E-state index >= 15 is 0 Å². The molecule has 3 rings (SSSR count). The van der Waals surface area contributed by atoms with Crippen molar-refractivity contribution in [3.63, 3.8) is 0 Å². The average Bonchev–Trinajstić information content (AvgIpc) is 2.57. The molecule has 1 fully saturated rings. The van der Waals surface area contributed by atoms with Gasteiger partial charge in [0.1, 0.15) is 0 Å². The zero-order valence-corrected chi connectivity index (χ0v) is 14.2. The van der Waals surface area contributed by atoms with Gasteiger partial charge in [-0.05, 0) is 12.6 Å². The van der Waals surface area contributed by atoms with Crippen LogP contribution in [0.1, 0.15) is 12.5 Å². The van der Waals surface area contributed by atoms with Crippen LogP contribution in [-0.4, -0.2) is 60.9 Å². The number of aromatic nitrogens is 2. The van der Waals surface area contributed by atoms with Crippen molar-refractivity contribution < 1.29 is 0 Å². The lowest BCUT2D eigenvalue weighted by Crippen LogP contribution is -2.46. The molecule has 0 unspecified atom stereocenters. The van der Waals surface area contributed by atoms with Gasteiger partial charge in [-0.25, -0.2) is 9.97 Å². The molecule has 2 N–H and O–H groups in total. The Balaban J connectivity index is 2.07. The highest BCUT2D eigenvalue weighted by atomic mass is 35.5. The standard InChI is InChI=1S/C16H21ClN6/c1-3-22-4-6-23(7-5-22)16-14(18)13(10-19-2)12-8-11(17)9-20-15(12)21-16/h8-10H,3-7,18H2,1-2H3. The van der Waals surface area contributed by atoms with Gasteiger partial charge in [0.2, 0.25) is 0 Å². The number of piperazine rings is 1. The first-order valence-electron chi connectivity index (χ1n) is 7.78. The number of likely N-dealkylation sites (N-methyl/N-ethyl adjacent to an activating group) is 1. The van der Waals surface area contributed by atoms with Crippen molar-refractivity contribution in [2.24, 2.45) is 4.99 Å². The first-order valence-corrected chi connectivity index (χ1v) is 8.16. The molecule has 2 aromatic heterocycles. The number of hydrogen-bond donors (Lipinski definition) is 1. The maximum absolute atomic E-state index is 6.40. The third-order valence-electron chi connectivity index (χ3n) is 4.24. The Bertz CT molecular complexity index is 737. The summed E-state index contributed by atoms with van der Waals surface area (Å²) in [6.45, 7) is 7.10. The summed E-state index contributed by atoms with van der Waals surface area (Å²) in [5, 5.41) is 1.39. The highest BCUT2D eigenvalue weighted by molar-refractivity contribution is 6.31. The molecule has 7 heteroatoms. The number of rotatable bonds is 3. The molecule has 0 bridgehead atoms. The molecule has 3 heterocycles. The van der Waals surface area contributed by atoms with Gasteiger partial charge in [0, 0.05) is 56.6 Å². The minimum absolute atomic E-state index is 0.564. The summed E-state index contributed by atoms with van der Waals surface area (Å²) in [7, 11) is 1.73. The molecule has 6 nitrogen and oxygen atoms in total. The monoisotopic (exact) mass is 332 g/mol. The van der Waals surface area contributed by atoms with Crippen LogP contribution in [0.5, 0.6) is 0 Å². The zero-order chi connectivity index (χ0) is 16.4. The van der Waals surface area contributed by atoms with Gasteiger partial charge < -0.3 is 15.5 Å². The molecule has 0 amide bonds. The molecule has 0 aromatic carbocycles. The van der Waals surface area contributed by atoms with Crippen molar-refractivity contribution in [2.45, 2.75) is 6.92 Å². The molecule has 1 aliphatic rings. The molecule has 1 saturated heterocycles. The number of nitrogens with two attached hydrogens (primary N) is 1. The van der Waals surface area contributed by atoms with Crippen LogP contribution in [-0.2, 0) is 0 Å². The molecule has 2 aromatic rings. The van der Waals surface area contributed by atoms with Crippen LogP contribution in [0.25, 0.3) is 11.0 Å². The van der Waals surface area contributed by atoms with Crippen molar-refractivity contribution in [3.8, 4) is 0 Å². The lowest BCUT2D eigenvalue weighted by atomic mass is 10.1. The number of nitrogen functional groups attached to an aromatic ring is 1. The highest BCUT2D eigenvalue weighted by Crippen LogP contribution is 2.31. The molecular weight excluding hydrogens is 312 g/mol. The Morgan fingerprint density at radius 1 is 1.35 bits per heavy atom. The number of halogens is 1. The van der Waals surface area contributed by atoms with E-state index in [0.717, 1.165) is 49.5 Å². The van der Waals surface area contributed by atoms with E-state index < -0.39 is 0 Å². The maximum atomic E-state index is 6.40. The summed E-state index contributed by atoms with van der Waals surface area (Å²) in [4.78, 5) is 17.8. The third-order valence-corrected chi connectivity index (χ3v) is 4.45. The summed E-state index contributed by atoms with van der Waals surface area (Å²) in [5.74, 6) is 0.790. The summed E-state index contributed by atoms with van der Waals surface area (Å²) < 4.78 is 0. The van der Waals surface area contributed by atoms with E-state index in [9.17, 15) is 0 Å².